The number of carbonyl (C=O) groups excluding carboxylic acids is 1. The van der Waals surface area contributed by atoms with Gasteiger partial charge in [-0.25, -0.2) is 4.79 Å². The second-order valence-electron chi connectivity index (χ2n) is 18.9. The van der Waals surface area contributed by atoms with Crippen LogP contribution in [0.2, 0.25) is 0 Å². The minimum absolute atomic E-state index is 0.0969. The number of carbonyl (C=O) groups is 1. The van der Waals surface area contributed by atoms with Crippen molar-refractivity contribution in [3.63, 3.8) is 0 Å². The fraction of sp³-hybridized carbons (Fsp3) is 0.653. The standard InChI is InChI=1S/C49H70O21/c1-10-49(8,19-27-17-22(4)11-14-28(27)21(2)3)70-48-44(69-47-41(60)38(57)43(25(7)65-47)68-46-39(58)35(54)33(52)23(5)63-46)36(55)34(53)31(66-48)20-62-45-40(59)37(56)42(24(6)64-45)67-32(51)16-13-26-12-15-29(50)30(18-26)61-9/h10,12-13,15-18,23-25,31,33-48,50,52-60H,1-2,11,14,19-20H2,3-9H3. The minimum atomic E-state index is -1.90. The number of hydrogen-bond donors (Lipinski definition) is 10. The number of benzene rings is 1. The van der Waals surface area contributed by atoms with Crippen molar-refractivity contribution < 1.29 is 103 Å². The summed E-state index contributed by atoms with van der Waals surface area (Å²) in [5.41, 5.74) is 3.16. The first-order valence-electron chi connectivity index (χ1n) is 23.3. The molecule has 0 aromatic heterocycles. The van der Waals surface area contributed by atoms with E-state index in [2.05, 4.69) is 13.2 Å². The van der Waals surface area contributed by atoms with Crippen molar-refractivity contribution in [1.82, 2.24) is 0 Å². The number of rotatable bonds is 17. The molecular formula is C49H70O21. The van der Waals surface area contributed by atoms with Crippen LogP contribution in [0.1, 0.15) is 66.4 Å². The summed E-state index contributed by atoms with van der Waals surface area (Å²) >= 11 is 0. The molecule has 4 aliphatic heterocycles. The molecule has 6 rings (SSSR count). The number of phenolic OH excluding ortho intramolecular Hbond substituents is 1. The highest BCUT2D eigenvalue weighted by Gasteiger charge is 2.54. The number of aliphatic hydroxyl groups is 9. The lowest BCUT2D eigenvalue weighted by Gasteiger charge is -2.49. The number of allylic oxidation sites excluding steroid dienone is 4. The molecule has 1 aromatic carbocycles. The van der Waals surface area contributed by atoms with Crippen LogP contribution in [0.25, 0.3) is 6.08 Å². The molecule has 4 heterocycles. The van der Waals surface area contributed by atoms with E-state index in [9.17, 15) is 55.9 Å². The summed E-state index contributed by atoms with van der Waals surface area (Å²) in [6.07, 6.45) is -23.1. The topological polar surface area (TPSA) is 312 Å². The molecule has 10 N–H and O–H groups in total. The van der Waals surface area contributed by atoms with Crippen molar-refractivity contribution in [2.24, 2.45) is 0 Å². The predicted molar refractivity (Wildman–Crippen MR) is 244 cm³/mol. The Morgan fingerprint density at radius 2 is 1.34 bits per heavy atom. The van der Waals surface area contributed by atoms with E-state index in [-0.39, 0.29) is 17.9 Å². The first-order valence-corrected chi connectivity index (χ1v) is 23.3. The lowest BCUT2D eigenvalue weighted by atomic mass is 9.83. The van der Waals surface area contributed by atoms with Crippen LogP contribution in [0.3, 0.4) is 0 Å². The lowest BCUT2D eigenvalue weighted by molar-refractivity contribution is -0.387. The molecule has 4 fully saturated rings. The maximum Gasteiger partial charge on any atom is 0.331 e. The van der Waals surface area contributed by atoms with Gasteiger partial charge in [0.15, 0.2) is 42.8 Å². The Hall–Kier alpha value is -3.69. The monoisotopic (exact) mass is 994 g/mol. The maximum atomic E-state index is 12.8. The predicted octanol–water partition coefficient (Wildman–Crippen LogP) is 0.284. The van der Waals surface area contributed by atoms with E-state index in [1.807, 2.05) is 19.9 Å². The molecule has 0 spiro atoms. The van der Waals surface area contributed by atoms with Crippen LogP contribution in [0, 0.1) is 0 Å². The van der Waals surface area contributed by atoms with Gasteiger partial charge in [0.1, 0.15) is 73.2 Å². The van der Waals surface area contributed by atoms with Crippen LogP contribution >= 0.6 is 0 Å². The van der Waals surface area contributed by atoms with Crippen molar-refractivity contribution >= 4 is 12.0 Å². The number of methoxy groups -OCH3 is 1. The van der Waals surface area contributed by atoms with E-state index in [0.717, 1.165) is 41.2 Å². The van der Waals surface area contributed by atoms with Crippen molar-refractivity contribution in [2.75, 3.05) is 13.7 Å². The summed E-state index contributed by atoms with van der Waals surface area (Å²) in [7, 11) is 1.37. The largest absolute Gasteiger partial charge is 0.504 e. The third kappa shape index (κ3) is 12.6. The number of hydrogen-bond acceptors (Lipinski definition) is 21. The summed E-state index contributed by atoms with van der Waals surface area (Å²) in [5.74, 6) is -0.795. The second kappa shape index (κ2) is 23.5. The molecule has 21 atom stereocenters. The zero-order chi connectivity index (χ0) is 51.5. The third-order valence-electron chi connectivity index (χ3n) is 13.3. The summed E-state index contributed by atoms with van der Waals surface area (Å²) in [5, 5.41) is 109. The van der Waals surface area contributed by atoms with Gasteiger partial charge in [-0.15, -0.1) is 6.58 Å². The van der Waals surface area contributed by atoms with Crippen molar-refractivity contribution in [1.29, 1.82) is 0 Å². The van der Waals surface area contributed by atoms with E-state index < -0.39 is 141 Å². The average molecular weight is 995 g/mol. The first kappa shape index (κ1) is 55.6. The van der Waals surface area contributed by atoms with E-state index in [4.69, 9.17) is 47.4 Å². The Balaban J connectivity index is 1.17. The highest BCUT2D eigenvalue weighted by molar-refractivity contribution is 5.87. The second-order valence-corrected chi connectivity index (χ2v) is 18.9. The maximum absolute atomic E-state index is 12.8. The number of aromatic hydroxyl groups is 1. The SMILES string of the molecule is C=CC(C)(CC1=C(C(=C)C)CCC(C)=C1)OC1OC(COC2OC(C)C(OC(=O)C=Cc3ccc(O)c(OC)c3)C(O)C2O)C(O)C(O)C1OC1OC(C)C(OC2OC(C)C(O)C(O)C2O)C(O)C1O. The molecule has 21 heteroatoms. The van der Waals surface area contributed by atoms with Crippen molar-refractivity contribution in [2.45, 2.75) is 189 Å². The summed E-state index contributed by atoms with van der Waals surface area (Å²) in [6.45, 7) is 17.6. The Morgan fingerprint density at radius 3 is 2.00 bits per heavy atom. The van der Waals surface area contributed by atoms with Crippen LogP contribution in [0.5, 0.6) is 11.5 Å². The zero-order valence-corrected chi connectivity index (χ0v) is 40.3. The molecule has 4 saturated heterocycles. The number of aliphatic hydroxyl groups excluding tert-OH is 9. The van der Waals surface area contributed by atoms with Gasteiger partial charge in [0, 0.05) is 12.5 Å². The average Bonchev–Trinajstić information content (AvgIpc) is 3.31. The van der Waals surface area contributed by atoms with Crippen LogP contribution in [0.4, 0.5) is 0 Å². The van der Waals surface area contributed by atoms with Gasteiger partial charge in [-0.3, -0.25) is 0 Å². The Morgan fingerprint density at radius 1 is 0.757 bits per heavy atom. The van der Waals surface area contributed by atoms with Crippen LogP contribution in [0.15, 0.2) is 71.9 Å². The number of esters is 1. The molecule has 21 unspecified atom stereocenters. The smallest absolute Gasteiger partial charge is 0.331 e. The Labute approximate surface area is 406 Å². The van der Waals surface area contributed by atoms with E-state index in [0.29, 0.717) is 5.56 Å². The normalized spacial score (nSPS) is 40.3. The fourth-order valence-electron chi connectivity index (χ4n) is 9.05. The number of phenols is 1. The van der Waals surface area contributed by atoms with Crippen molar-refractivity contribution in [3.05, 3.63) is 77.4 Å². The fourth-order valence-corrected chi connectivity index (χ4v) is 9.05. The van der Waals surface area contributed by atoms with E-state index in [1.165, 1.54) is 58.2 Å². The van der Waals surface area contributed by atoms with Gasteiger partial charge in [0.2, 0.25) is 0 Å². The highest BCUT2D eigenvalue weighted by atomic mass is 16.8. The molecule has 21 nitrogen and oxygen atoms in total. The molecule has 392 valence electrons. The van der Waals surface area contributed by atoms with Crippen LogP contribution < -0.4 is 4.74 Å². The highest BCUT2D eigenvalue weighted by Crippen LogP contribution is 2.39. The summed E-state index contributed by atoms with van der Waals surface area (Å²) < 4.78 is 58.6. The van der Waals surface area contributed by atoms with Gasteiger partial charge < -0.3 is 98.4 Å². The van der Waals surface area contributed by atoms with Crippen LogP contribution in [-0.4, -0.2) is 199 Å². The molecule has 1 aromatic rings. The van der Waals surface area contributed by atoms with Gasteiger partial charge in [-0.05, 0) is 89.3 Å². The quantitative estimate of drug-likeness (QED) is 0.0570. The molecular weight excluding hydrogens is 925 g/mol. The summed E-state index contributed by atoms with van der Waals surface area (Å²) in [6, 6.07) is 4.40. The molecule has 1 aliphatic carbocycles. The van der Waals surface area contributed by atoms with Crippen molar-refractivity contribution in [3.8, 4) is 11.5 Å². The van der Waals surface area contributed by atoms with Gasteiger partial charge in [-0.1, -0.05) is 35.9 Å². The third-order valence-corrected chi connectivity index (χ3v) is 13.3. The van der Waals surface area contributed by atoms with Gasteiger partial charge in [0.05, 0.1) is 37.6 Å². The van der Waals surface area contributed by atoms with Gasteiger partial charge in [0.25, 0.3) is 0 Å². The first-order chi connectivity index (χ1) is 33.0. The molecule has 70 heavy (non-hydrogen) atoms. The zero-order valence-electron chi connectivity index (χ0n) is 40.3. The molecule has 5 aliphatic rings. The van der Waals surface area contributed by atoms with Gasteiger partial charge >= 0.3 is 5.97 Å². The van der Waals surface area contributed by atoms with E-state index >= 15 is 0 Å². The molecule has 0 radical (unpaired) electrons. The van der Waals surface area contributed by atoms with Gasteiger partial charge in [-0.2, -0.15) is 0 Å². The van der Waals surface area contributed by atoms with E-state index in [1.54, 1.807) is 6.92 Å². The molecule has 0 saturated carbocycles. The van der Waals surface area contributed by atoms with Crippen LogP contribution in [-0.2, 0) is 47.4 Å². The summed E-state index contributed by atoms with van der Waals surface area (Å²) in [4.78, 5) is 12.8. The lowest BCUT2D eigenvalue weighted by Crippen LogP contribution is -2.66. The molecule has 0 bridgehead atoms. The Bertz CT molecular complexity index is 2080. The molecule has 0 amide bonds. The minimum Gasteiger partial charge on any atom is -0.504 e. The number of ether oxygens (including phenoxy) is 10. The Kier molecular flexibility index (Phi) is 18.6.